The second-order valence-corrected chi connectivity index (χ2v) is 10.1. The van der Waals surface area contributed by atoms with Crippen LogP contribution in [0.15, 0.2) is 36.9 Å². The molecule has 1 aromatic rings. The zero-order chi connectivity index (χ0) is 28.0. The zero-order valence-electron chi connectivity index (χ0n) is 22.2. The fraction of sp³-hybridized carbons (Fsp3) is 0.538. The minimum atomic E-state index is -1.17. The van der Waals surface area contributed by atoms with Crippen LogP contribution in [-0.4, -0.2) is 77.2 Å². The first-order valence-corrected chi connectivity index (χ1v) is 13.4. The van der Waals surface area contributed by atoms with E-state index in [0.717, 1.165) is 0 Å². The third kappa shape index (κ3) is 11.6. The van der Waals surface area contributed by atoms with Gasteiger partial charge in [-0.25, -0.2) is 4.79 Å². The number of hydrogen-bond donors (Lipinski definition) is 3. The van der Waals surface area contributed by atoms with Gasteiger partial charge in [0.1, 0.15) is 23.4 Å². The van der Waals surface area contributed by atoms with E-state index in [1.165, 1.54) is 34.9 Å². The minimum Gasteiger partial charge on any atom is -0.508 e. The molecule has 0 spiro atoms. The topological polar surface area (TPSA) is 134 Å². The highest BCUT2D eigenvalue weighted by Crippen LogP contribution is 2.26. The Bertz CT molecular complexity index is 933. The first-order chi connectivity index (χ1) is 17.4. The van der Waals surface area contributed by atoms with Crippen molar-refractivity contribution in [2.24, 2.45) is 0 Å². The molecule has 0 aliphatic heterocycles. The summed E-state index contributed by atoms with van der Waals surface area (Å²) in [5.41, 5.74) is -0.411. The molecular formula is C26H39N3O7S. The molecule has 0 aromatic heterocycles. The third-order valence-corrected chi connectivity index (χ3v) is 5.53. The molecule has 0 bridgehead atoms. The Morgan fingerprint density at radius 2 is 1.95 bits per heavy atom. The van der Waals surface area contributed by atoms with Gasteiger partial charge in [-0.05, 0) is 63.8 Å². The van der Waals surface area contributed by atoms with Crippen molar-refractivity contribution in [1.29, 1.82) is 0 Å². The van der Waals surface area contributed by atoms with Gasteiger partial charge in [-0.1, -0.05) is 18.2 Å². The van der Waals surface area contributed by atoms with Crippen LogP contribution in [0, 0.1) is 0 Å². The van der Waals surface area contributed by atoms with Gasteiger partial charge in [0.2, 0.25) is 11.8 Å². The molecule has 0 saturated heterocycles. The average molecular weight is 538 g/mol. The first-order valence-electron chi connectivity index (χ1n) is 12.1. The number of rotatable bonds is 14. The number of benzene rings is 1. The van der Waals surface area contributed by atoms with Crippen LogP contribution in [0.5, 0.6) is 5.75 Å². The number of nitrogens with one attached hydrogen (secondary N) is 2. The highest BCUT2D eigenvalue weighted by atomic mass is 32.2. The number of alkyl carbamates (subject to hydrolysis) is 1. The summed E-state index contributed by atoms with van der Waals surface area (Å²) < 4.78 is 10.2. The number of phenolic OH excluding ortho intramolecular Hbond substituents is 1. The van der Waals surface area contributed by atoms with Crippen molar-refractivity contribution >= 4 is 35.6 Å². The average Bonchev–Trinajstić information content (AvgIpc) is 2.80. The molecule has 0 saturated carbocycles. The van der Waals surface area contributed by atoms with Gasteiger partial charge < -0.3 is 30.1 Å². The Labute approximate surface area is 223 Å². The molecule has 37 heavy (non-hydrogen) atoms. The maximum absolute atomic E-state index is 13.8. The Hall–Kier alpha value is -3.21. The monoisotopic (exact) mass is 537 g/mol. The quantitative estimate of drug-likeness (QED) is 0.243. The predicted octanol–water partition coefficient (Wildman–Crippen LogP) is 3.16. The number of phenols is 1. The molecule has 3 amide bonds. The summed E-state index contributed by atoms with van der Waals surface area (Å²) in [6, 6.07) is 3.86. The van der Waals surface area contributed by atoms with Gasteiger partial charge in [0, 0.05) is 13.1 Å². The van der Waals surface area contributed by atoms with Crippen LogP contribution in [0.1, 0.15) is 52.1 Å². The molecule has 11 heteroatoms. The van der Waals surface area contributed by atoms with E-state index in [2.05, 4.69) is 17.2 Å². The van der Waals surface area contributed by atoms with Gasteiger partial charge in [-0.15, -0.1) is 6.58 Å². The lowest BCUT2D eigenvalue weighted by atomic mass is 10.0. The highest BCUT2D eigenvalue weighted by molar-refractivity contribution is 7.98. The summed E-state index contributed by atoms with van der Waals surface area (Å²) in [5.74, 6) is -1.07. The van der Waals surface area contributed by atoms with E-state index in [9.17, 15) is 24.3 Å². The molecule has 0 fully saturated rings. The van der Waals surface area contributed by atoms with Crippen LogP contribution in [-0.2, 0) is 23.9 Å². The highest BCUT2D eigenvalue weighted by Gasteiger charge is 2.35. The van der Waals surface area contributed by atoms with E-state index >= 15 is 0 Å². The van der Waals surface area contributed by atoms with Gasteiger partial charge in [0.05, 0.1) is 13.0 Å². The molecule has 206 valence electrons. The van der Waals surface area contributed by atoms with Gasteiger partial charge in [0.25, 0.3) is 0 Å². The van der Waals surface area contributed by atoms with Crippen molar-refractivity contribution in [3.63, 3.8) is 0 Å². The second-order valence-electron chi connectivity index (χ2n) is 9.10. The van der Waals surface area contributed by atoms with Crippen molar-refractivity contribution in [2.45, 2.75) is 58.2 Å². The number of ether oxygens (including phenoxy) is 2. The summed E-state index contributed by atoms with van der Waals surface area (Å²) in [4.78, 5) is 52.7. The number of aromatic hydroxyl groups is 1. The van der Waals surface area contributed by atoms with Crippen LogP contribution in [0.2, 0.25) is 0 Å². The van der Waals surface area contributed by atoms with E-state index in [1.54, 1.807) is 39.8 Å². The van der Waals surface area contributed by atoms with Gasteiger partial charge in [-0.3, -0.25) is 14.4 Å². The van der Waals surface area contributed by atoms with Crippen molar-refractivity contribution < 1.29 is 33.8 Å². The number of carbonyl (C=O) groups is 4. The molecule has 3 N–H and O–H groups in total. The molecule has 1 aromatic carbocycles. The number of thioether (sulfide) groups is 1. The summed E-state index contributed by atoms with van der Waals surface area (Å²) in [5, 5.41) is 15.4. The van der Waals surface area contributed by atoms with Crippen LogP contribution in [0.25, 0.3) is 0 Å². The smallest absolute Gasteiger partial charge is 0.408 e. The SMILES string of the molecule is C=CCN(C(=O)C(CCSC)NC(=O)OC(C)(C)C)C(C(=O)NCCC(=O)OCC)c1cccc(O)c1. The lowest BCUT2D eigenvalue weighted by molar-refractivity contribution is -0.144. The lowest BCUT2D eigenvalue weighted by Gasteiger charge is -2.34. The molecule has 0 radical (unpaired) electrons. The standard InChI is InChI=1S/C26H39N3O7S/c1-7-15-29(24(33)20(13-16-37-6)28-25(34)36-26(3,4)5)22(18-10-9-11-19(30)17-18)23(32)27-14-12-21(31)35-8-2/h7,9-11,17,20,22,30H,1,8,12-16H2,2-6H3,(H,27,32)(H,28,34). The summed E-state index contributed by atoms with van der Waals surface area (Å²) in [6.45, 7) is 10.8. The van der Waals surface area contributed by atoms with Crippen LogP contribution < -0.4 is 10.6 Å². The fourth-order valence-corrected chi connectivity index (χ4v) is 3.86. The molecular weight excluding hydrogens is 498 g/mol. The van der Waals surface area contributed by atoms with E-state index in [-0.39, 0.29) is 31.9 Å². The third-order valence-electron chi connectivity index (χ3n) is 4.89. The van der Waals surface area contributed by atoms with E-state index in [4.69, 9.17) is 9.47 Å². The summed E-state index contributed by atoms with van der Waals surface area (Å²) in [6.07, 6.45) is 2.85. The van der Waals surface area contributed by atoms with Crippen molar-refractivity contribution in [3.8, 4) is 5.75 Å². The number of carbonyl (C=O) groups excluding carboxylic acids is 4. The first kappa shape index (κ1) is 31.8. The molecule has 1 rings (SSSR count). The van der Waals surface area contributed by atoms with E-state index < -0.39 is 41.6 Å². The lowest BCUT2D eigenvalue weighted by Crippen LogP contribution is -2.53. The normalized spacial score (nSPS) is 12.6. The van der Waals surface area contributed by atoms with E-state index in [1.807, 2.05) is 6.26 Å². The van der Waals surface area contributed by atoms with Crippen LogP contribution in [0.3, 0.4) is 0 Å². The number of nitrogens with zero attached hydrogens (tertiary/aromatic N) is 1. The molecule has 10 nitrogen and oxygen atoms in total. The molecule has 0 aliphatic rings. The molecule has 2 unspecified atom stereocenters. The largest absolute Gasteiger partial charge is 0.508 e. The fourth-order valence-electron chi connectivity index (χ4n) is 3.39. The Kier molecular flexibility index (Phi) is 13.6. The Morgan fingerprint density at radius 3 is 2.51 bits per heavy atom. The van der Waals surface area contributed by atoms with Crippen molar-refractivity contribution in [1.82, 2.24) is 15.5 Å². The predicted molar refractivity (Wildman–Crippen MR) is 143 cm³/mol. The Balaban J connectivity index is 3.32. The van der Waals surface area contributed by atoms with Crippen molar-refractivity contribution in [3.05, 3.63) is 42.5 Å². The number of esters is 1. The second kappa shape index (κ2) is 15.8. The summed E-state index contributed by atoms with van der Waals surface area (Å²) >= 11 is 1.50. The molecule has 0 aliphatic carbocycles. The molecule has 0 heterocycles. The number of hydrogen-bond acceptors (Lipinski definition) is 8. The van der Waals surface area contributed by atoms with Gasteiger partial charge in [-0.2, -0.15) is 11.8 Å². The maximum Gasteiger partial charge on any atom is 0.408 e. The van der Waals surface area contributed by atoms with Gasteiger partial charge in [0.15, 0.2) is 0 Å². The van der Waals surface area contributed by atoms with Crippen LogP contribution in [0.4, 0.5) is 4.79 Å². The number of amides is 3. The maximum atomic E-state index is 13.8. The Morgan fingerprint density at radius 1 is 1.24 bits per heavy atom. The zero-order valence-corrected chi connectivity index (χ0v) is 23.1. The van der Waals surface area contributed by atoms with Gasteiger partial charge >= 0.3 is 12.1 Å². The van der Waals surface area contributed by atoms with Crippen LogP contribution >= 0.6 is 11.8 Å². The van der Waals surface area contributed by atoms with Crippen molar-refractivity contribution in [2.75, 3.05) is 31.7 Å². The van der Waals surface area contributed by atoms with E-state index in [0.29, 0.717) is 17.7 Å². The molecule has 2 atom stereocenters. The minimum absolute atomic E-state index is 0.00480. The summed E-state index contributed by atoms with van der Waals surface area (Å²) in [7, 11) is 0.